The van der Waals surface area contributed by atoms with Gasteiger partial charge in [-0.1, -0.05) is 12.8 Å². The van der Waals surface area contributed by atoms with E-state index in [1.807, 2.05) is 26.8 Å². The van der Waals surface area contributed by atoms with Gasteiger partial charge in [0.2, 0.25) is 0 Å². The fourth-order valence-electron chi connectivity index (χ4n) is 2.99. The molecule has 1 saturated heterocycles. The summed E-state index contributed by atoms with van der Waals surface area (Å²) < 4.78 is 5.56. The molecular weight excluding hydrogens is 346 g/mol. The molecule has 0 aliphatic carbocycles. The number of nitrogens with zero attached hydrogens (tertiary/aromatic N) is 2. The van der Waals surface area contributed by atoms with Gasteiger partial charge in [-0.25, -0.2) is 9.78 Å². The summed E-state index contributed by atoms with van der Waals surface area (Å²) in [4.78, 5) is 30.5. The van der Waals surface area contributed by atoms with Crippen LogP contribution in [0.4, 0.5) is 5.82 Å². The number of hydrogen-bond acceptors (Lipinski definition) is 5. The Balaban J connectivity index is 1.93. The number of aliphatic carboxylic acids is 1. The van der Waals surface area contributed by atoms with Crippen LogP contribution in [-0.4, -0.2) is 53.3 Å². The Morgan fingerprint density at radius 1 is 1.22 bits per heavy atom. The van der Waals surface area contributed by atoms with Crippen molar-refractivity contribution in [3.63, 3.8) is 0 Å². The molecule has 7 heteroatoms. The molecule has 1 aliphatic heterocycles. The van der Waals surface area contributed by atoms with Crippen LogP contribution in [0.2, 0.25) is 0 Å². The first-order chi connectivity index (χ1) is 12.8. The Bertz CT molecular complexity index is 617. The predicted octanol–water partition coefficient (Wildman–Crippen LogP) is 2.85. The van der Waals surface area contributed by atoms with E-state index in [0.717, 1.165) is 31.7 Å². The summed E-state index contributed by atoms with van der Waals surface area (Å²) >= 11 is 0. The Labute approximate surface area is 161 Å². The first kappa shape index (κ1) is 21.2. The number of carbonyl (C=O) groups excluding carboxylic acids is 1. The summed E-state index contributed by atoms with van der Waals surface area (Å²) in [6.07, 6.45) is 6.51. The van der Waals surface area contributed by atoms with Gasteiger partial charge < -0.3 is 20.1 Å². The lowest BCUT2D eigenvalue weighted by molar-refractivity contribution is -0.140. The van der Waals surface area contributed by atoms with Gasteiger partial charge >= 0.3 is 5.97 Å². The van der Waals surface area contributed by atoms with E-state index in [9.17, 15) is 14.7 Å². The number of hydrogen-bond donors (Lipinski definition) is 2. The largest absolute Gasteiger partial charge is 0.480 e. The molecule has 1 atom stereocenters. The van der Waals surface area contributed by atoms with E-state index >= 15 is 0 Å². The third-order valence-electron chi connectivity index (χ3n) is 4.49. The number of carbonyl (C=O) groups is 2. The normalized spacial score (nSPS) is 16.5. The van der Waals surface area contributed by atoms with Crippen LogP contribution in [0, 0.1) is 0 Å². The summed E-state index contributed by atoms with van der Waals surface area (Å²) in [7, 11) is 0. The standard InChI is InChI=1S/C20H31N3O4/c1-20(2,3)27-13-10-16(19(25)26)22-18(24)15-8-9-17(21-14-15)23-11-6-4-5-7-12-23/h8-9,14,16H,4-7,10-13H2,1-3H3,(H,22,24)(H,25,26). The maximum Gasteiger partial charge on any atom is 0.326 e. The summed E-state index contributed by atoms with van der Waals surface area (Å²) in [5.74, 6) is -0.648. The van der Waals surface area contributed by atoms with Crippen LogP contribution in [0.3, 0.4) is 0 Å². The van der Waals surface area contributed by atoms with Crippen molar-refractivity contribution < 1.29 is 19.4 Å². The maximum absolute atomic E-state index is 12.4. The minimum Gasteiger partial charge on any atom is -0.480 e. The molecule has 1 aromatic rings. The quantitative estimate of drug-likeness (QED) is 0.759. The van der Waals surface area contributed by atoms with Crippen LogP contribution in [0.1, 0.15) is 63.2 Å². The highest BCUT2D eigenvalue weighted by Crippen LogP contribution is 2.17. The van der Waals surface area contributed by atoms with Gasteiger partial charge in [0.1, 0.15) is 11.9 Å². The Hall–Kier alpha value is -2.15. The van der Waals surface area contributed by atoms with Crippen molar-refractivity contribution in [3.8, 4) is 0 Å². The van der Waals surface area contributed by atoms with Crippen LogP contribution in [0.15, 0.2) is 18.3 Å². The van der Waals surface area contributed by atoms with Crippen LogP contribution in [0.5, 0.6) is 0 Å². The second kappa shape index (κ2) is 9.69. The minimum atomic E-state index is -1.07. The van der Waals surface area contributed by atoms with Gasteiger partial charge in [-0.3, -0.25) is 4.79 Å². The monoisotopic (exact) mass is 377 g/mol. The van der Waals surface area contributed by atoms with Gasteiger partial charge in [0.25, 0.3) is 5.91 Å². The van der Waals surface area contributed by atoms with Crippen LogP contribution in [0.25, 0.3) is 0 Å². The summed E-state index contributed by atoms with van der Waals surface area (Å²) in [6, 6.07) is 2.54. The Kier molecular flexibility index (Phi) is 7.59. The van der Waals surface area contributed by atoms with Gasteiger partial charge in [-0.05, 0) is 45.7 Å². The molecule has 2 rings (SSSR count). The second-order valence-corrected chi connectivity index (χ2v) is 7.92. The smallest absolute Gasteiger partial charge is 0.326 e. The third kappa shape index (κ3) is 7.17. The van der Waals surface area contributed by atoms with E-state index in [1.54, 1.807) is 6.07 Å². The average Bonchev–Trinajstić information content (AvgIpc) is 2.89. The number of carboxylic acid groups (broad SMARTS) is 1. The number of amides is 1. The molecular formula is C20H31N3O4. The van der Waals surface area contributed by atoms with E-state index in [-0.39, 0.29) is 18.6 Å². The molecule has 0 saturated carbocycles. The molecule has 0 aromatic carbocycles. The number of carboxylic acids is 1. The molecule has 1 fully saturated rings. The summed E-state index contributed by atoms with van der Waals surface area (Å²) in [5.41, 5.74) is 0.0108. The SMILES string of the molecule is CC(C)(C)OCCC(NC(=O)c1ccc(N2CCCCCC2)nc1)C(=O)O. The lowest BCUT2D eigenvalue weighted by atomic mass is 10.1. The van der Waals surface area contributed by atoms with Gasteiger partial charge in [0.05, 0.1) is 11.2 Å². The topological polar surface area (TPSA) is 91.8 Å². The average molecular weight is 377 g/mol. The lowest BCUT2D eigenvalue weighted by Crippen LogP contribution is -2.42. The van der Waals surface area contributed by atoms with Crippen molar-refractivity contribution in [2.75, 3.05) is 24.6 Å². The van der Waals surface area contributed by atoms with Crippen molar-refractivity contribution in [2.24, 2.45) is 0 Å². The number of anilines is 1. The number of rotatable bonds is 7. The van der Waals surface area contributed by atoms with Crippen molar-refractivity contribution >= 4 is 17.7 Å². The third-order valence-corrected chi connectivity index (χ3v) is 4.49. The van der Waals surface area contributed by atoms with Crippen LogP contribution in [-0.2, 0) is 9.53 Å². The van der Waals surface area contributed by atoms with E-state index in [4.69, 9.17) is 4.74 Å². The van der Waals surface area contributed by atoms with Crippen molar-refractivity contribution in [3.05, 3.63) is 23.9 Å². The molecule has 2 N–H and O–H groups in total. The highest BCUT2D eigenvalue weighted by Gasteiger charge is 2.22. The first-order valence-electron chi connectivity index (χ1n) is 9.65. The molecule has 1 aromatic heterocycles. The predicted molar refractivity (Wildman–Crippen MR) is 104 cm³/mol. The number of pyridine rings is 1. The van der Waals surface area contributed by atoms with E-state index in [1.165, 1.54) is 19.0 Å². The fraction of sp³-hybridized carbons (Fsp3) is 0.650. The molecule has 2 heterocycles. The molecule has 7 nitrogen and oxygen atoms in total. The molecule has 0 bridgehead atoms. The molecule has 0 radical (unpaired) electrons. The molecule has 1 aliphatic rings. The maximum atomic E-state index is 12.4. The van der Waals surface area contributed by atoms with E-state index in [0.29, 0.717) is 5.56 Å². The molecule has 150 valence electrons. The van der Waals surface area contributed by atoms with Crippen LogP contribution < -0.4 is 10.2 Å². The number of nitrogens with one attached hydrogen (secondary N) is 1. The Morgan fingerprint density at radius 3 is 2.41 bits per heavy atom. The fourth-order valence-corrected chi connectivity index (χ4v) is 2.99. The molecule has 1 amide bonds. The van der Waals surface area contributed by atoms with Crippen molar-refractivity contribution in [2.45, 2.75) is 64.5 Å². The lowest BCUT2D eigenvalue weighted by Gasteiger charge is -2.22. The van der Waals surface area contributed by atoms with Crippen LogP contribution >= 0.6 is 0 Å². The zero-order valence-corrected chi connectivity index (χ0v) is 16.5. The van der Waals surface area contributed by atoms with E-state index < -0.39 is 17.9 Å². The van der Waals surface area contributed by atoms with Gasteiger partial charge in [0.15, 0.2) is 0 Å². The Morgan fingerprint density at radius 2 is 1.89 bits per heavy atom. The van der Waals surface area contributed by atoms with Gasteiger partial charge in [0, 0.05) is 32.3 Å². The van der Waals surface area contributed by atoms with Gasteiger partial charge in [-0.2, -0.15) is 0 Å². The summed E-state index contributed by atoms with van der Waals surface area (Å²) in [5, 5.41) is 11.9. The minimum absolute atomic E-state index is 0.206. The van der Waals surface area contributed by atoms with E-state index in [2.05, 4.69) is 15.2 Å². The molecule has 0 spiro atoms. The second-order valence-electron chi connectivity index (χ2n) is 7.92. The number of ether oxygens (including phenoxy) is 1. The van der Waals surface area contributed by atoms with Gasteiger partial charge in [-0.15, -0.1) is 0 Å². The first-order valence-corrected chi connectivity index (χ1v) is 9.65. The summed E-state index contributed by atoms with van der Waals surface area (Å²) in [6.45, 7) is 7.92. The highest BCUT2D eigenvalue weighted by atomic mass is 16.5. The van der Waals surface area contributed by atoms with Crippen molar-refractivity contribution in [1.29, 1.82) is 0 Å². The number of aromatic nitrogens is 1. The molecule has 27 heavy (non-hydrogen) atoms. The molecule has 1 unspecified atom stereocenters. The zero-order valence-electron chi connectivity index (χ0n) is 16.5. The highest BCUT2D eigenvalue weighted by molar-refractivity contribution is 5.96. The van der Waals surface area contributed by atoms with Crippen molar-refractivity contribution in [1.82, 2.24) is 10.3 Å². The zero-order chi connectivity index (χ0) is 19.9.